The molecule has 1 N–H and O–H groups in total. The number of carbonyl (C=O) groups is 3. The summed E-state index contributed by atoms with van der Waals surface area (Å²) in [5.74, 6) is -1.12. The van der Waals surface area contributed by atoms with Gasteiger partial charge in [0.1, 0.15) is 18.3 Å². The van der Waals surface area contributed by atoms with Gasteiger partial charge in [0.05, 0.1) is 12.0 Å². The van der Waals surface area contributed by atoms with Gasteiger partial charge in [-0.15, -0.1) is 0 Å². The van der Waals surface area contributed by atoms with Crippen molar-refractivity contribution in [1.29, 1.82) is 0 Å². The SMILES string of the molecule is O=C(CNC(=O)c1ccc(-c2ccccc2)cc1)OCC(=O)N1N=C(c2ccc(Cl)cc2)CC1c1ccco1. The molecule has 1 unspecified atom stereocenters. The summed E-state index contributed by atoms with van der Waals surface area (Å²) in [7, 11) is 0. The van der Waals surface area contributed by atoms with Crippen molar-refractivity contribution in [2.45, 2.75) is 12.5 Å². The molecule has 1 aliphatic heterocycles. The van der Waals surface area contributed by atoms with Gasteiger partial charge in [-0.05, 0) is 53.1 Å². The Hall–Kier alpha value is -4.69. The summed E-state index contributed by atoms with van der Waals surface area (Å²) in [5, 5.41) is 8.87. The molecule has 2 heterocycles. The number of halogens is 1. The van der Waals surface area contributed by atoms with E-state index in [1.54, 1.807) is 36.4 Å². The van der Waals surface area contributed by atoms with Gasteiger partial charge in [-0.1, -0.05) is 66.2 Å². The summed E-state index contributed by atoms with van der Waals surface area (Å²) >= 11 is 5.99. The number of esters is 1. The lowest BCUT2D eigenvalue weighted by Crippen LogP contribution is -2.34. The fourth-order valence-corrected chi connectivity index (χ4v) is 4.34. The van der Waals surface area contributed by atoms with E-state index in [1.165, 1.54) is 11.3 Å². The van der Waals surface area contributed by atoms with E-state index in [4.69, 9.17) is 20.8 Å². The van der Waals surface area contributed by atoms with Crippen molar-refractivity contribution in [2.75, 3.05) is 13.2 Å². The first-order valence-electron chi connectivity index (χ1n) is 12.3. The van der Waals surface area contributed by atoms with Gasteiger partial charge in [-0.3, -0.25) is 14.4 Å². The lowest BCUT2D eigenvalue weighted by Gasteiger charge is -2.19. The van der Waals surface area contributed by atoms with Crippen LogP contribution < -0.4 is 5.32 Å². The van der Waals surface area contributed by atoms with Gasteiger partial charge in [0, 0.05) is 17.0 Å². The normalized spacial score (nSPS) is 14.5. The first-order chi connectivity index (χ1) is 19.0. The number of carbonyl (C=O) groups excluding carboxylic acids is 3. The highest BCUT2D eigenvalue weighted by atomic mass is 35.5. The maximum absolute atomic E-state index is 13.0. The monoisotopic (exact) mass is 541 g/mol. The molecule has 8 nitrogen and oxygen atoms in total. The van der Waals surface area contributed by atoms with Gasteiger partial charge in [-0.2, -0.15) is 5.10 Å². The summed E-state index contributed by atoms with van der Waals surface area (Å²) < 4.78 is 10.7. The van der Waals surface area contributed by atoms with Crippen molar-refractivity contribution in [1.82, 2.24) is 10.3 Å². The number of hydrogen-bond acceptors (Lipinski definition) is 6. The molecule has 0 saturated carbocycles. The number of hydrogen-bond donors (Lipinski definition) is 1. The van der Waals surface area contributed by atoms with Crippen LogP contribution in [0.2, 0.25) is 5.02 Å². The van der Waals surface area contributed by atoms with Gasteiger partial charge >= 0.3 is 5.97 Å². The molecule has 0 aliphatic carbocycles. The number of ether oxygens (including phenoxy) is 1. The Morgan fingerprint density at radius 2 is 1.59 bits per heavy atom. The van der Waals surface area contributed by atoms with E-state index in [-0.39, 0.29) is 6.54 Å². The number of nitrogens with zero attached hydrogens (tertiary/aromatic N) is 2. The van der Waals surface area contributed by atoms with E-state index in [9.17, 15) is 14.4 Å². The molecule has 0 fully saturated rings. The summed E-state index contributed by atoms with van der Waals surface area (Å²) in [4.78, 5) is 37.8. The third-order valence-electron chi connectivity index (χ3n) is 6.22. The molecule has 9 heteroatoms. The second-order valence-corrected chi connectivity index (χ2v) is 9.25. The zero-order chi connectivity index (χ0) is 27.2. The lowest BCUT2D eigenvalue weighted by atomic mass is 10.0. The van der Waals surface area contributed by atoms with Crippen molar-refractivity contribution >= 4 is 35.1 Å². The number of furan rings is 1. The standard InChI is InChI=1S/C30H24ClN3O5/c31-24-14-12-22(13-15-24)25-17-26(27-7-4-16-38-27)34(33-25)28(35)19-39-29(36)18-32-30(37)23-10-8-21(9-11-23)20-5-2-1-3-6-20/h1-16,26H,17-19H2,(H,32,37). The molecule has 4 aromatic rings. The van der Waals surface area contributed by atoms with Gasteiger partial charge in [-0.25, -0.2) is 5.01 Å². The average Bonchev–Trinajstić information content (AvgIpc) is 3.66. The molecule has 1 atom stereocenters. The van der Waals surface area contributed by atoms with Crippen molar-refractivity contribution < 1.29 is 23.5 Å². The highest BCUT2D eigenvalue weighted by Gasteiger charge is 2.35. The van der Waals surface area contributed by atoms with Gasteiger partial charge in [0.2, 0.25) is 0 Å². The molecule has 1 aromatic heterocycles. The van der Waals surface area contributed by atoms with Gasteiger partial charge < -0.3 is 14.5 Å². The molecule has 5 rings (SSSR count). The number of nitrogens with one attached hydrogen (secondary N) is 1. The molecule has 1 aliphatic rings. The van der Waals surface area contributed by atoms with E-state index >= 15 is 0 Å². The zero-order valence-corrected chi connectivity index (χ0v) is 21.5. The first kappa shape index (κ1) is 25.9. The summed E-state index contributed by atoms with van der Waals surface area (Å²) in [6.45, 7) is -0.914. The number of amides is 2. The van der Waals surface area contributed by atoms with Crippen LogP contribution in [0.15, 0.2) is 107 Å². The van der Waals surface area contributed by atoms with Crippen molar-refractivity contribution in [2.24, 2.45) is 5.10 Å². The van der Waals surface area contributed by atoms with E-state index in [0.717, 1.165) is 16.7 Å². The molecule has 39 heavy (non-hydrogen) atoms. The zero-order valence-electron chi connectivity index (χ0n) is 20.7. The molecule has 0 radical (unpaired) electrons. The maximum Gasteiger partial charge on any atom is 0.325 e. The second kappa shape index (κ2) is 11.8. The minimum absolute atomic E-state index is 0.381. The Labute approximate surface area is 229 Å². The lowest BCUT2D eigenvalue weighted by molar-refractivity contribution is -0.152. The van der Waals surface area contributed by atoms with Crippen molar-refractivity contribution in [3.63, 3.8) is 0 Å². The van der Waals surface area contributed by atoms with E-state index in [1.807, 2.05) is 54.6 Å². The third-order valence-corrected chi connectivity index (χ3v) is 6.47. The summed E-state index contributed by atoms with van der Waals surface area (Å²) in [6.07, 6.45) is 1.95. The largest absolute Gasteiger partial charge is 0.467 e. The third kappa shape index (κ3) is 6.25. The van der Waals surface area contributed by atoms with Crippen molar-refractivity contribution in [3.05, 3.63) is 119 Å². The molecule has 0 bridgehead atoms. The fourth-order valence-electron chi connectivity index (χ4n) is 4.22. The maximum atomic E-state index is 13.0. The van der Waals surface area contributed by atoms with E-state index in [0.29, 0.717) is 28.5 Å². The Bertz CT molecular complexity index is 1480. The van der Waals surface area contributed by atoms with Crippen LogP contribution in [0.1, 0.15) is 34.1 Å². The van der Waals surface area contributed by atoms with Crippen LogP contribution in [-0.2, 0) is 14.3 Å². The Morgan fingerprint density at radius 3 is 2.28 bits per heavy atom. The first-order valence-corrected chi connectivity index (χ1v) is 12.6. The molecule has 0 saturated heterocycles. The van der Waals surface area contributed by atoms with Crippen LogP contribution in [0, 0.1) is 0 Å². The van der Waals surface area contributed by atoms with Crippen LogP contribution in [0.25, 0.3) is 11.1 Å². The highest BCUT2D eigenvalue weighted by molar-refractivity contribution is 6.30. The van der Waals surface area contributed by atoms with Crippen LogP contribution in [-0.4, -0.2) is 41.7 Å². The smallest absolute Gasteiger partial charge is 0.325 e. The number of benzene rings is 3. The van der Waals surface area contributed by atoms with Crippen LogP contribution in [0.5, 0.6) is 0 Å². The average molecular weight is 542 g/mol. The van der Waals surface area contributed by atoms with Crippen LogP contribution >= 0.6 is 11.6 Å². The predicted octanol–water partition coefficient (Wildman–Crippen LogP) is 5.25. The molecule has 0 spiro atoms. The molecular formula is C30H24ClN3O5. The van der Waals surface area contributed by atoms with Crippen molar-refractivity contribution in [3.8, 4) is 11.1 Å². The van der Waals surface area contributed by atoms with Crippen LogP contribution in [0.3, 0.4) is 0 Å². The second-order valence-electron chi connectivity index (χ2n) is 8.81. The highest BCUT2D eigenvalue weighted by Crippen LogP contribution is 2.33. The van der Waals surface area contributed by atoms with Gasteiger partial charge in [0.15, 0.2) is 6.61 Å². The van der Waals surface area contributed by atoms with E-state index in [2.05, 4.69) is 10.4 Å². The van der Waals surface area contributed by atoms with Gasteiger partial charge in [0.25, 0.3) is 11.8 Å². The minimum Gasteiger partial charge on any atom is -0.467 e. The molecule has 3 aromatic carbocycles. The Balaban J connectivity index is 1.16. The molecular weight excluding hydrogens is 518 g/mol. The Morgan fingerprint density at radius 1 is 0.897 bits per heavy atom. The fraction of sp³-hybridized carbons (Fsp3) is 0.133. The molecule has 2 amide bonds. The Kier molecular flexibility index (Phi) is 7.84. The minimum atomic E-state index is -0.742. The number of hydrazone groups is 1. The van der Waals surface area contributed by atoms with Crippen LogP contribution in [0.4, 0.5) is 0 Å². The topological polar surface area (TPSA) is 101 Å². The van der Waals surface area contributed by atoms with E-state index < -0.39 is 30.4 Å². The molecule has 196 valence electrons. The quantitative estimate of drug-likeness (QED) is 0.307. The summed E-state index contributed by atoms with van der Waals surface area (Å²) in [5.41, 5.74) is 3.92. The summed E-state index contributed by atoms with van der Waals surface area (Å²) in [6, 6.07) is 27.0. The predicted molar refractivity (Wildman–Crippen MR) is 146 cm³/mol. The number of rotatable bonds is 8.